The van der Waals surface area contributed by atoms with Crippen molar-refractivity contribution in [3.05, 3.63) is 0 Å². The van der Waals surface area contributed by atoms with Gasteiger partial charge in [-0.05, 0) is 12.3 Å². The zero-order chi connectivity index (χ0) is 37.2. The zero-order valence-electron chi connectivity index (χ0n) is 30.9. The average Bonchev–Trinajstić information content (AvgIpc) is 3.07. The molecule has 0 saturated carbocycles. The van der Waals surface area contributed by atoms with E-state index in [-0.39, 0.29) is 78.6 Å². The van der Waals surface area contributed by atoms with Crippen LogP contribution in [0.1, 0.15) is 104 Å². The molecule has 6 atom stereocenters. The fraction of sp³-hybridized carbons (Fsp3) is 0.972. The van der Waals surface area contributed by atoms with Crippen LogP contribution < -0.4 is 0 Å². The highest BCUT2D eigenvalue weighted by Gasteiger charge is 2.14. The van der Waals surface area contributed by atoms with Crippen LogP contribution in [0, 0.1) is 5.92 Å². The maximum absolute atomic E-state index is 12.0. The Morgan fingerprint density at radius 2 is 0.700 bits per heavy atom. The number of ether oxygens (including phenoxy) is 6. The van der Waals surface area contributed by atoms with Crippen molar-refractivity contribution in [3.8, 4) is 0 Å². The second-order valence-electron chi connectivity index (χ2n) is 13.7. The van der Waals surface area contributed by atoms with Gasteiger partial charge in [0.2, 0.25) is 0 Å². The second-order valence-corrected chi connectivity index (χ2v) is 13.7. The molecule has 0 aliphatic rings. The smallest absolute Gasteiger partial charge is 0.305 e. The number of rotatable bonds is 38. The van der Waals surface area contributed by atoms with Crippen LogP contribution in [0.15, 0.2) is 0 Å². The summed E-state index contributed by atoms with van der Waals surface area (Å²) in [6, 6.07) is 0. The van der Waals surface area contributed by atoms with Gasteiger partial charge in [-0.3, -0.25) is 4.79 Å². The number of aliphatic hydroxyl groups excluding tert-OH is 7. The van der Waals surface area contributed by atoms with Gasteiger partial charge in [-0.25, -0.2) is 0 Å². The van der Waals surface area contributed by atoms with Crippen molar-refractivity contribution >= 4 is 5.97 Å². The van der Waals surface area contributed by atoms with Crippen molar-refractivity contribution in [2.75, 3.05) is 79.3 Å². The highest BCUT2D eigenvalue weighted by Crippen LogP contribution is 2.14. The molecule has 0 aromatic carbocycles. The van der Waals surface area contributed by atoms with Gasteiger partial charge in [-0.2, -0.15) is 0 Å². The van der Waals surface area contributed by atoms with Crippen LogP contribution in [0.25, 0.3) is 0 Å². The molecule has 0 amide bonds. The van der Waals surface area contributed by atoms with E-state index in [4.69, 9.17) is 38.6 Å². The number of carbonyl (C=O) groups excluding carboxylic acids is 1. The molecular formula is C36H72O14. The fourth-order valence-corrected chi connectivity index (χ4v) is 4.84. The summed E-state index contributed by atoms with van der Waals surface area (Å²) in [4.78, 5) is 12.0. The predicted molar refractivity (Wildman–Crippen MR) is 188 cm³/mol. The van der Waals surface area contributed by atoms with Gasteiger partial charge >= 0.3 is 5.97 Å². The maximum atomic E-state index is 12.0. The van der Waals surface area contributed by atoms with Crippen molar-refractivity contribution in [2.24, 2.45) is 5.92 Å². The molecule has 6 unspecified atom stereocenters. The molecule has 0 aromatic heterocycles. The average molecular weight is 729 g/mol. The fourth-order valence-electron chi connectivity index (χ4n) is 4.84. The Labute approximate surface area is 300 Å². The van der Waals surface area contributed by atoms with E-state index in [1.807, 2.05) is 0 Å². The minimum Gasteiger partial charge on any atom is -0.463 e. The summed E-state index contributed by atoms with van der Waals surface area (Å²) in [6.07, 6.45) is 10.4. The van der Waals surface area contributed by atoms with Crippen LogP contribution in [0.3, 0.4) is 0 Å². The van der Waals surface area contributed by atoms with Gasteiger partial charge in [0.05, 0.1) is 72.7 Å². The van der Waals surface area contributed by atoms with Crippen molar-refractivity contribution in [1.29, 1.82) is 0 Å². The summed E-state index contributed by atoms with van der Waals surface area (Å²) in [5.41, 5.74) is 0. The third kappa shape index (κ3) is 35.4. The molecule has 14 nitrogen and oxygen atoms in total. The summed E-state index contributed by atoms with van der Waals surface area (Å²) in [7, 11) is 0. The lowest BCUT2D eigenvalue weighted by atomic mass is 10.0. The Morgan fingerprint density at radius 3 is 1.02 bits per heavy atom. The molecule has 50 heavy (non-hydrogen) atoms. The Balaban J connectivity index is 3.59. The summed E-state index contributed by atoms with van der Waals surface area (Å²) < 4.78 is 31.0. The van der Waals surface area contributed by atoms with E-state index >= 15 is 0 Å². The molecule has 0 saturated heterocycles. The number of aliphatic hydroxyl groups is 7. The quantitative estimate of drug-likeness (QED) is 0.0357. The molecule has 0 bridgehead atoms. The number of unbranched alkanes of at least 4 members (excludes halogenated alkanes) is 11. The lowest BCUT2D eigenvalue weighted by Gasteiger charge is -2.17. The largest absolute Gasteiger partial charge is 0.463 e. The Morgan fingerprint density at radius 1 is 0.420 bits per heavy atom. The molecule has 0 aliphatic carbocycles. The lowest BCUT2D eigenvalue weighted by Crippen LogP contribution is -2.31. The first-order valence-electron chi connectivity index (χ1n) is 18.8. The van der Waals surface area contributed by atoms with Crippen molar-refractivity contribution < 1.29 is 69.0 Å². The van der Waals surface area contributed by atoms with Crippen LogP contribution in [0.2, 0.25) is 0 Å². The molecule has 0 rings (SSSR count). The van der Waals surface area contributed by atoms with Crippen LogP contribution >= 0.6 is 0 Å². The molecule has 14 heteroatoms. The summed E-state index contributed by atoms with van der Waals surface area (Å²) >= 11 is 0. The van der Waals surface area contributed by atoms with Gasteiger partial charge in [-0.1, -0.05) is 90.9 Å². The number of hydrogen-bond donors (Lipinski definition) is 7. The monoisotopic (exact) mass is 728 g/mol. The summed E-state index contributed by atoms with van der Waals surface area (Å²) in [6.45, 7) is 2.77. The molecule has 0 fully saturated rings. The van der Waals surface area contributed by atoms with Gasteiger partial charge in [0.15, 0.2) is 0 Å². The molecule has 0 radical (unpaired) electrons. The molecule has 7 N–H and O–H groups in total. The van der Waals surface area contributed by atoms with E-state index in [0.29, 0.717) is 6.42 Å². The minimum absolute atomic E-state index is 0.102. The maximum Gasteiger partial charge on any atom is 0.305 e. The molecule has 0 aromatic rings. The third-order valence-electron chi connectivity index (χ3n) is 7.66. The van der Waals surface area contributed by atoms with Gasteiger partial charge in [0.25, 0.3) is 0 Å². The topological polar surface area (TPSA) is 214 Å². The van der Waals surface area contributed by atoms with Gasteiger partial charge in [0.1, 0.15) is 43.2 Å². The van der Waals surface area contributed by atoms with Crippen LogP contribution in [-0.4, -0.2) is 158 Å². The van der Waals surface area contributed by atoms with E-state index in [0.717, 1.165) is 25.2 Å². The van der Waals surface area contributed by atoms with Gasteiger partial charge in [0, 0.05) is 6.42 Å². The third-order valence-corrected chi connectivity index (χ3v) is 7.66. The Hall–Kier alpha value is -1.01. The van der Waals surface area contributed by atoms with Crippen LogP contribution in [0.5, 0.6) is 0 Å². The SMILES string of the molecule is CC(C)CCCCCCCCCCCCCCC(=O)OCC(O)COCC(O)COCC(O)COCC(O)COCC(O)COCC(O)CO. The Kier molecular flexibility index (Phi) is 34.3. The van der Waals surface area contributed by atoms with E-state index < -0.39 is 43.2 Å². The van der Waals surface area contributed by atoms with E-state index in [1.54, 1.807) is 0 Å². The highest BCUT2D eigenvalue weighted by molar-refractivity contribution is 5.69. The molecule has 300 valence electrons. The first kappa shape index (κ1) is 49.0. The standard InChI is InChI=1S/C36H72O14/c1-29(2)15-13-11-9-7-5-3-4-6-8-10-12-14-16-36(44)50-28-35(43)27-49-26-34(42)25-48-24-33(41)23-47-22-32(40)21-46-20-31(39)19-45-18-30(38)17-37/h29-35,37-43H,3-28H2,1-2H3. The zero-order valence-corrected chi connectivity index (χ0v) is 30.9. The molecule has 0 heterocycles. The summed E-state index contributed by atoms with van der Waals surface area (Å²) in [5.74, 6) is 0.477. The van der Waals surface area contributed by atoms with E-state index in [9.17, 15) is 30.3 Å². The van der Waals surface area contributed by atoms with Crippen molar-refractivity contribution in [1.82, 2.24) is 0 Å². The normalized spacial score (nSPS) is 15.6. The molecule has 0 aliphatic heterocycles. The van der Waals surface area contributed by atoms with Crippen LogP contribution in [-0.2, 0) is 33.2 Å². The first-order chi connectivity index (χ1) is 24.0. The lowest BCUT2D eigenvalue weighted by molar-refractivity contribution is -0.148. The first-order valence-corrected chi connectivity index (χ1v) is 18.8. The minimum atomic E-state index is -1.02. The van der Waals surface area contributed by atoms with Crippen molar-refractivity contribution in [3.63, 3.8) is 0 Å². The highest BCUT2D eigenvalue weighted by atomic mass is 16.6. The van der Waals surface area contributed by atoms with E-state index in [1.165, 1.54) is 64.2 Å². The van der Waals surface area contributed by atoms with Crippen molar-refractivity contribution in [2.45, 2.75) is 140 Å². The summed E-state index contributed by atoms with van der Waals surface area (Å²) in [5, 5.41) is 67.4. The van der Waals surface area contributed by atoms with E-state index in [2.05, 4.69) is 13.8 Å². The van der Waals surface area contributed by atoms with Gasteiger partial charge < -0.3 is 64.2 Å². The number of carbonyl (C=O) groups is 1. The number of esters is 1. The second kappa shape index (κ2) is 35.0. The van der Waals surface area contributed by atoms with Crippen LogP contribution in [0.4, 0.5) is 0 Å². The Bertz CT molecular complexity index is 731. The predicted octanol–water partition coefficient (Wildman–Crippen LogP) is 1.89. The number of hydrogen-bond acceptors (Lipinski definition) is 14. The molecular weight excluding hydrogens is 656 g/mol. The van der Waals surface area contributed by atoms with Gasteiger partial charge in [-0.15, -0.1) is 0 Å². The molecule has 0 spiro atoms.